The first kappa shape index (κ1) is 17.4. The molecule has 0 saturated heterocycles. The highest BCUT2D eigenvalue weighted by molar-refractivity contribution is 5.81. The molecular formula is C17H15F2NO4. The molecule has 0 aliphatic carbocycles. The summed E-state index contributed by atoms with van der Waals surface area (Å²) in [5.74, 6) is -3.67. The van der Waals surface area contributed by atoms with E-state index in [4.69, 9.17) is 4.74 Å². The Hall–Kier alpha value is -2.96. The molecule has 0 fully saturated rings. The molecule has 24 heavy (non-hydrogen) atoms. The largest absolute Gasteiger partial charge is 0.479 e. The molecule has 0 aliphatic heterocycles. The molecule has 0 radical (unpaired) electrons. The Kier molecular flexibility index (Phi) is 5.47. The van der Waals surface area contributed by atoms with Crippen molar-refractivity contribution in [1.29, 1.82) is 0 Å². The quantitative estimate of drug-likeness (QED) is 0.910. The van der Waals surface area contributed by atoms with Crippen LogP contribution in [0.3, 0.4) is 0 Å². The standard InChI is InChI=1S/C17H15F2NO4/c1-20(17(23)24-10-11-6-3-2-4-7-11)15(16(21)22)14-12(18)8-5-9-13(14)19/h2-9,15H,10H2,1H3,(H,21,22). The van der Waals surface area contributed by atoms with Crippen LogP contribution in [0.4, 0.5) is 13.6 Å². The monoisotopic (exact) mass is 335 g/mol. The third-order valence-corrected chi connectivity index (χ3v) is 3.39. The SMILES string of the molecule is CN(C(=O)OCc1ccccc1)C(C(=O)O)c1c(F)cccc1F. The Balaban J connectivity index is 2.18. The van der Waals surface area contributed by atoms with Crippen molar-refractivity contribution < 1.29 is 28.2 Å². The maximum absolute atomic E-state index is 13.9. The lowest BCUT2D eigenvalue weighted by Crippen LogP contribution is -2.37. The van der Waals surface area contributed by atoms with Gasteiger partial charge in [0.15, 0.2) is 6.04 Å². The van der Waals surface area contributed by atoms with Crippen LogP contribution in [0.5, 0.6) is 0 Å². The molecule has 1 N–H and O–H groups in total. The second-order valence-electron chi connectivity index (χ2n) is 5.03. The van der Waals surface area contributed by atoms with Crippen LogP contribution in [0.25, 0.3) is 0 Å². The van der Waals surface area contributed by atoms with E-state index >= 15 is 0 Å². The van der Waals surface area contributed by atoms with Gasteiger partial charge in [0.05, 0.1) is 5.56 Å². The third kappa shape index (κ3) is 3.87. The summed E-state index contributed by atoms with van der Waals surface area (Å²) in [5, 5.41) is 9.30. The fourth-order valence-corrected chi connectivity index (χ4v) is 2.18. The van der Waals surface area contributed by atoms with Crippen molar-refractivity contribution in [2.75, 3.05) is 7.05 Å². The first-order valence-electron chi connectivity index (χ1n) is 7.02. The summed E-state index contributed by atoms with van der Waals surface area (Å²) in [6.45, 7) is -0.0872. The number of amides is 1. The number of benzene rings is 2. The van der Waals surface area contributed by atoms with Crippen molar-refractivity contribution in [3.05, 3.63) is 71.3 Å². The number of rotatable bonds is 5. The Morgan fingerprint density at radius 1 is 1.08 bits per heavy atom. The number of aliphatic carboxylic acids is 1. The smallest absolute Gasteiger partial charge is 0.410 e. The van der Waals surface area contributed by atoms with Crippen LogP contribution in [0.15, 0.2) is 48.5 Å². The van der Waals surface area contributed by atoms with E-state index in [-0.39, 0.29) is 6.61 Å². The van der Waals surface area contributed by atoms with Gasteiger partial charge >= 0.3 is 12.1 Å². The van der Waals surface area contributed by atoms with E-state index in [1.54, 1.807) is 30.3 Å². The first-order valence-corrected chi connectivity index (χ1v) is 7.02. The number of carboxylic acids is 1. The highest BCUT2D eigenvalue weighted by Gasteiger charge is 2.34. The number of hydrogen-bond acceptors (Lipinski definition) is 3. The van der Waals surface area contributed by atoms with Crippen molar-refractivity contribution in [3.63, 3.8) is 0 Å². The molecule has 2 aromatic rings. The number of nitrogens with zero attached hydrogens (tertiary/aromatic N) is 1. The van der Waals surface area contributed by atoms with Crippen molar-refractivity contribution in [1.82, 2.24) is 4.90 Å². The lowest BCUT2D eigenvalue weighted by atomic mass is 10.0. The van der Waals surface area contributed by atoms with E-state index in [0.29, 0.717) is 10.5 Å². The summed E-state index contributed by atoms with van der Waals surface area (Å²) in [7, 11) is 1.11. The number of halogens is 2. The highest BCUT2D eigenvalue weighted by Crippen LogP contribution is 2.26. The van der Waals surface area contributed by atoms with Crippen LogP contribution >= 0.6 is 0 Å². The average Bonchev–Trinajstić information content (AvgIpc) is 2.56. The Bertz CT molecular complexity index is 716. The van der Waals surface area contributed by atoms with Gasteiger partial charge in [-0.2, -0.15) is 0 Å². The zero-order chi connectivity index (χ0) is 17.7. The molecule has 1 atom stereocenters. The van der Waals surface area contributed by atoms with E-state index < -0.39 is 35.3 Å². The maximum Gasteiger partial charge on any atom is 0.410 e. The number of ether oxygens (including phenoxy) is 1. The molecular weight excluding hydrogens is 320 g/mol. The topological polar surface area (TPSA) is 66.8 Å². The molecule has 2 rings (SSSR count). The predicted octanol–water partition coefficient (Wildman–Crippen LogP) is 3.36. The molecule has 7 heteroatoms. The molecule has 0 aromatic heterocycles. The molecule has 0 saturated carbocycles. The van der Waals surface area contributed by atoms with E-state index in [2.05, 4.69) is 0 Å². The number of hydrogen-bond donors (Lipinski definition) is 1. The molecule has 1 unspecified atom stereocenters. The Morgan fingerprint density at radius 2 is 1.67 bits per heavy atom. The van der Waals surface area contributed by atoms with Crippen molar-refractivity contribution in [2.45, 2.75) is 12.6 Å². The third-order valence-electron chi connectivity index (χ3n) is 3.39. The first-order chi connectivity index (χ1) is 11.4. The molecule has 0 heterocycles. The van der Waals surface area contributed by atoms with Gasteiger partial charge in [-0.05, 0) is 17.7 Å². The summed E-state index contributed by atoms with van der Waals surface area (Å²) < 4.78 is 32.7. The molecule has 0 bridgehead atoms. The van der Waals surface area contributed by atoms with Crippen molar-refractivity contribution in [2.24, 2.45) is 0 Å². The molecule has 5 nitrogen and oxygen atoms in total. The summed E-state index contributed by atoms with van der Waals surface area (Å²) in [4.78, 5) is 24.1. The van der Waals surface area contributed by atoms with Crippen LogP contribution in [0, 0.1) is 11.6 Å². The van der Waals surface area contributed by atoms with E-state index in [9.17, 15) is 23.5 Å². The van der Waals surface area contributed by atoms with E-state index in [1.807, 2.05) is 0 Å². The van der Waals surface area contributed by atoms with Crippen LogP contribution in [-0.4, -0.2) is 29.1 Å². The number of carbonyl (C=O) groups excluding carboxylic acids is 1. The van der Waals surface area contributed by atoms with Crippen molar-refractivity contribution >= 4 is 12.1 Å². The fraction of sp³-hybridized carbons (Fsp3) is 0.176. The average molecular weight is 335 g/mol. The molecule has 2 aromatic carbocycles. The zero-order valence-corrected chi connectivity index (χ0v) is 12.8. The van der Waals surface area contributed by atoms with E-state index in [0.717, 1.165) is 25.2 Å². The Morgan fingerprint density at radius 3 is 2.21 bits per heavy atom. The van der Waals surface area contributed by atoms with Crippen LogP contribution in [-0.2, 0) is 16.1 Å². The summed E-state index contributed by atoms with van der Waals surface area (Å²) in [6.07, 6.45) is -1.01. The van der Waals surface area contributed by atoms with Gasteiger partial charge in [-0.1, -0.05) is 36.4 Å². The predicted molar refractivity (Wildman–Crippen MR) is 81.1 cm³/mol. The minimum absolute atomic E-state index is 0.0872. The van der Waals surface area contributed by atoms with Gasteiger partial charge in [0.1, 0.15) is 18.2 Å². The van der Waals surface area contributed by atoms with Crippen LogP contribution < -0.4 is 0 Å². The number of carboxylic acid groups (broad SMARTS) is 1. The normalized spacial score (nSPS) is 11.6. The second-order valence-corrected chi connectivity index (χ2v) is 5.03. The lowest BCUT2D eigenvalue weighted by Gasteiger charge is -2.25. The molecule has 0 aliphatic rings. The minimum Gasteiger partial charge on any atom is -0.479 e. The summed E-state index contributed by atoms with van der Waals surface area (Å²) in [6, 6.07) is 9.86. The second kappa shape index (κ2) is 7.54. The van der Waals surface area contributed by atoms with Gasteiger partial charge in [0.2, 0.25) is 0 Å². The fourth-order valence-electron chi connectivity index (χ4n) is 2.18. The van der Waals surface area contributed by atoms with Gasteiger partial charge in [-0.25, -0.2) is 18.4 Å². The zero-order valence-electron chi connectivity index (χ0n) is 12.8. The van der Waals surface area contributed by atoms with Crippen molar-refractivity contribution in [3.8, 4) is 0 Å². The number of carbonyl (C=O) groups is 2. The van der Waals surface area contributed by atoms with Crippen LogP contribution in [0.1, 0.15) is 17.2 Å². The minimum atomic E-state index is -1.84. The molecule has 1 amide bonds. The molecule has 0 spiro atoms. The van der Waals surface area contributed by atoms with Gasteiger partial charge < -0.3 is 9.84 Å². The van der Waals surface area contributed by atoms with Gasteiger partial charge in [0.25, 0.3) is 0 Å². The Labute approximate surface area is 137 Å². The van der Waals surface area contributed by atoms with E-state index in [1.165, 1.54) is 0 Å². The van der Waals surface area contributed by atoms with Gasteiger partial charge in [-0.15, -0.1) is 0 Å². The van der Waals surface area contributed by atoms with Gasteiger partial charge in [-0.3, -0.25) is 4.90 Å². The van der Waals surface area contributed by atoms with Crippen LogP contribution in [0.2, 0.25) is 0 Å². The summed E-state index contributed by atoms with van der Waals surface area (Å²) in [5.41, 5.74) is -0.0210. The highest BCUT2D eigenvalue weighted by atomic mass is 19.1. The maximum atomic E-state index is 13.9. The lowest BCUT2D eigenvalue weighted by molar-refractivity contribution is -0.142. The van der Waals surface area contributed by atoms with Gasteiger partial charge in [0, 0.05) is 7.05 Å². The number of likely N-dealkylation sites (N-methyl/N-ethyl adjacent to an activating group) is 1. The molecule has 126 valence electrons. The summed E-state index contributed by atoms with van der Waals surface area (Å²) >= 11 is 0.